The number of anilines is 1. The molecule has 0 saturated heterocycles. The Kier molecular flexibility index (Phi) is 11.0. The van der Waals surface area contributed by atoms with E-state index in [1.165, 1.54) is 29.2 Å². The quantitative estimate of drug-likeness (QED) is 0.175. The Morgan fingerprint density at radius 2 is 1.53 bits per heavy atom. The number of rotatable bonds is 12. The fraction of sp³-hybridized carbons (Fsp3) is 0.297. The highest BCUT2D eigenvalue weighted by Gasteiger charge is 2.36. The highest BCUT2D eigenvalue weighted by Crippen LogP contribution is 2.31. The van der Waals surface area contributed by atoms with Crippen molar-refractivity contribution in [2.45, 2.75) is 69.5 Å². The Hall–Kier alpha value is -4.21. The van der Waals surface area contributed by atoms with Gasteiger partial charge in [-0.2, -0.15) is 0 Å². The zero-order valence-electron chi connectivity index (χ0n) is 26.5. The second kappa shape index (κ2) is 15.1. The van der Waals surface area contributed by atoms with E-state index in [2.05, 4.69) is 5.32 Å². The van der Waals surface area contributed by atoms with Crippen molar-refractivity contribution in [3.8, 4) is 0 Å². The summed E-state index contributed by atoms with van der Waals surface area (Å²) in [5.74, 6) is -1.34. The van der Waals surface area contributed by atoms with E-state index in [9.17, 15) is 22.4 Å². The lowest BCUT2D eigenvalue weighted by Crippen LogP contribution is -2.54. The van der Waals surface area contributed by atoms with Crippen LogP contribution in [0.5, 0.6) is 0 Å². The van der Waals surface area contributed by atoms with E-state index in [4.69, 9.17) is 11.6 Å². The summed E-state index contributed by atoms with van der Waals surface area (Å²) in [5.41, 5.74) is 3.06. The molecule has 47 heavy (non-hydrogen) atoms. The summed E-state index contributed by atoms with van der Waals surface area (Å²) in [6.45, 7) is 2.92. The van der Waals surface area contributed by atoms with Crippen LogP contribution in [0.4, 0.5) is 10.1 Å². The molecule has 2 amide bonds. The minimum Gasteiger partial charge on any atom is -0.352 e. The molecular formula is C37H39ClFN3O4S. The van der Waals surface area contributed by atoms with Gasteiger partial charge in [-0.15, -0.1) is 0 Å². The minimum absolute atomic E-state index is 0.00364. The second-order valence-electron chi connectivity index (χ2n) is 12.1. The topological polar surface area (TPSA) is 86.8 Å². The number of aryl methyl sites for hydroxylation is 1. The van der Waals surface area contributed by atoms with Crippen LogP contribution in [0.3, 0.4) is 0 Å². The normalized spacial score (nSPS) is 14.0. The molecule has 4 aromatic carbocycles. The van der Waals surface area contributed by atoms with Gasteiger partial charge in [0.05, 0.1) is 10.6 Å². The molecule has 4 aromatic rings. The number of hydrogen-bond donors (Lipinski definition) is 1. The SMILES string of the molecule is Cc1ccc(S(=O)(=O)N(CC(=O)N(Cc2ccc(F)cc2)[C@@H](Cc2ccccc2)C(=O)NC2CCCC2)c2cccc(Cl)c2C)cc1. The van der Waals surface area contributed by atoms with E-state index in [0.29, 0.717) is 16.1 Å². The smallest absolute Gasteiger partial charge is 0.264 e. The summed E-state index contributed by atoms with van der Waals surface area (Å²) in [7, 11) is -4.26. The average Bonchev–Trinajstić information content (AvgIpc) is 3.57. The Bertz CT molecular complexity index is 1800. The highest BCUT2D eigenvalue weighted by molar-refractivity contribution is 7.92. The van der Waals surface area contributed by atoms with Crippen LogP contribution < -0.4 is 9.62 Å². The molecule has 246 valence electrons. The number of amides is 2. The molecule has 0 heterocycles. The molecule has 0 spiro atoms. The first-order valence-electron chi connectivity index (χ1n) is 15.8. The maximum Gasteiger partial charge on any atom is 0.264 e. The van der Waals surface area contributed by atoms with Crippen molar-refractivity contribution in [1.29, 1.82) is 0 Å². The largest absolute Gasteiger partial charge is 0.352 e. The molecule has 1 saturated carbocycles. The van der Waals surface area contributed by atoms with Gasteiger partial charge >= 0.3 is 0 Å². The first kappa shape index (κ1) is 34.1. The molecule has 10 heteroatoms. The van der Waals surface area contributed by atoms with Gasteiger partial charge in [-0.1, -0.05) is 90.7 Å². The fourth-order valence-corrected chi connectivity index (χ4v) is 7.57. The van der Waals surface area contributed by atoms with Crippen molar-refractivity contribution < 1.29 is 22.4 Å². The Labute approximate surface area is 281 Å². The summed E-state index contributed by atoms with van der Waals surface area (Å²) in [6.07, 6.45) is 3.93. The number of nitrogens with one attached hydrogen (secondary N) is 1. The van der Waals surface area contributed by atoms with E-state index >= 15 is 0 Å². The van der Waals surface area contributed by atoms with E-state index in [0.717, 1.165) is 41.1 Å². The lowest BCUT2D eigenvalue weighted by Gasteiger charge is -2.34. The third kappa shape index (κ3) is 8.39. The molecule has 0 aromatic heterocycles. The number of nitrogens with zero attached hydrogens (tertiary/aromatic N) is 2. The van der Waals surface area contributed by atoms with Crippen molar-refractivity contribution >= 4 is 39.1 Å². The average molecular weight is 676 g/mol. The molecule has 5 rings (SSSR count). The van der Waals surface area contributed by atoms with E-state index < -0.39 is 34.3 Å². The predicted molar refractivity (Wildman–Crippen MR) is 183 cm³/mol. The molecule has 1 aliphatic carbocycles. The van der Waals surface area contributed by atoms with Crippen LogP contribution in [0, 0.1) is 19.7 Å². The number of benzene rings is 4. The van der Waals surface area contributed by atoms with Gasteiger partial charge in [0.25, 0.3) is 10.0 Å². The van der Waals surface area contributed by atoms with Crippen LogP contribution in [-0.2, 0) is 32.6 Å². The van der Waals surface area contributed by atoms with Crippen LogP contribution in [-0.4, -0.2) is 43.8 Å². The third-order valence-corrected chi connectivity index (χ3v) is 10.8. The second-order valence-corrected chi connectivity index (χ2v) is 14.3. The highest BCUT2D eigenvalue weighted by atomic mass is 35.5. The van der Waals surface area contributed by atoms with Gasteiger partial charge in [0.2, 0.25) is 11.8 Å². The maximum absolute atomic E-state index is 14.6. The van der Waals surface area contributed by atoms with Crippen molar-refractivity contribution in [3.63, 3.8) is 0 Å². The standard InChI is InChI=1S/C37H39ClFN3O4S/c1-26-15-21-32(22-16-26)47(45,46)42(34-14-8-13-33(38)27(34)2)25-36(43)41(24-29-17-19-30(39)20-18-29)35(23-28-9-4-3-5-10-28)37(44)40-31-11-6-7-12-31/h3-5,8-10,13-22,31,35H,6-7,11-12,23-25H2,1-2H3,(H,40,44)/t35-/m0/s1. The summed E-state index contributed by atoms with van der Waals surface area (Å²) in [6, 6.07) is 25.4. The molecule has 1 fully saturated rings. The van der Waals surface area contributed by atoms with Crippen LogP contribution in [0.2, 0.25) is 5.02 Å². The number of halogens is 2. The zero-order chi connectivity index (χ0) is 33.6. The van der Waals surface area contributed by atoms with E-state index in [1.807, 2.05) is 37.3 Å². The van der Waals surface area contributed by atoms with Gasteiger partial charge in [0.1, 0.15) is 18.4 Å². The first-order chi connectivity index (χ1) is 22.5. The molecule has 0 bridgehead atoms. The molecular weight excluding hydrogens is 637 g/mol. The Morgan fingerprint density at radius 1 is 0.872 bits per heavy atom. The molecule has 7 nitrogen and oxygen atoms in total. The minimum atomic E-state index is -4.26. The third-order valence-electron chi connectivity index (χ3n) is 8.63. The summed E-state index contributed by atoms with van der Waals surface area (Å²) in [5, 5.41) is 3.50. The van der Waals surface area contributed by atoms with Crippen LogP contribution >= 0.6 is 11.6 Å². The summed E-state index contributed by atoms with van der Waals surface area (Å²) in [4.78, 5) is 30.1. The molecule has 1 atom stereocenters. The van der Waals surface area contributed by atoms with Gasteiger partial charge in [-0.05, 0) is 79.8 Å². The van der Waals surface area contributed by atoms with Crippen molar-refractivity contribution in [1.82, 2.24) is 10.2 Å². The Balaban J connectivity index is 1.58. The summed E-state index contributed by atoms with van der Waals surface area (Å²) >= 11 is 6.46. The molecule has 0 radical (unpaired) electrons. The zero-order valence-corrected chi connectivity index (χ0v) is 28.1. The number of hydrogen-bond acceptors (Lipinski definition) is 4. The van der Waals surface area contributed by atoms with Gasteiger partial charge < -0.3 is 10.2 Å². The van der Waals surface area contributed by atoms with Crippen molar-refractivity contribution in [2.24, 2.45) is 0 Å². The maximum atomic E-state index is 14.6. The number of carbonyl (C=O) groups excluding carboxylic acids is 2. The van der Waals surface area contributed by atoms with Crippen molar-refractivity contribution in [3.05, 3.63) is 130 Å². The van der Waals surface area contributed by atoms with Crippen LogP contribution in [0.15, 0.2) is 102 Å². The Morgan fingerprint density at radius 3 is 2.19 bits per heavy atom. The number of sulfonamides is 1. The van der Waals surface area contributed by atoms with Crippen LogP contribution in [0.25, 0.3) is 0 Å². The van der Waals surface area contributed by atoms with Gasteiger partial charge in [0.15, 0.2) is 0 Å². The van der Waals surface area contributed by atoms with Crippen molar-refractivity contribution in [2.75, 3.05) is 10.8 Å². The molecule has 0 unspecified atom stereocenters. The van der Waals surface area contributed by atoms with Gasteiger partial charge in [-0.3, -0.25) is 13.9 Å². The monoisotopic (exact) mass is 675 g/mol. The lowest BCUT2D eigenvalue weighted by atomic mass is 10.0. The lowest BCUT2D eigenvalue weighted by molar-refractivity contribution is -0.140. The van der Waals surface area contributed by atoms with Gasteiger partial charge in [0, 0.05) is 24.0 Å². The fourth-order valence-electron chi connectivity index (χ4n) is 5.93. The molecule has 0 aliphatic heterocycles. The van der Waals surface area contributed by atoms with E-state index in [1.54, 1.807) is 49.4 Å². The predicted octanol–water partition coefficient (Wildman–Crippen LogP) is 6.99. The molecule has 1 aliphatic rings. The summed E-state index contributed by atoms with van der Waals surface area (Å²) < 4.78 is 43.5. The first-order valence-corrected chi connectivity index (χ1v) is 17.6. The van der Waals surface area contributed by atoms with Crippen LogP contribution in [0.1, 0.15) is 47.9 Å². The molecule has 1 N–H and O–H groups in total. The number of carbonyl (C=O) groups is 2. The van der Waals surface area contributed by atoms with E-state index in [-0.39, 0.29) is 35.5 Å². The van der Waals surface area contributed by atoms with Gasteiger partial charge in [-0.25, -0.2) is 12.8 Å².